The first kappa shape index (κ1) is 15.9. The summed E-state index contributed by atoms with van der Waals surface area (Å²) in [5.41, 5.74) is 1.09. The molecule has 0 radical (unpaired) electrons. The number of sulfonamides is 1. The average Bonchev–Trinajstić information content (AvgIpc) is 2.48. The van der Waals surface area contributed by atoms with Gasteiger partial charge in [0.1, 0.15) is 5.82 Å². The smallest absolute Gasteiger partial charge is 0.240 e. The SMILES string of the molecule is CNS(=O)(=O)c1cccc(NCc2cc(Br)ccc2F)c1. The molecular weight excluding hydrogens is 359 g/mol. The van der Waals surface area contributed by atoms with Gasteiger partial charge in [-0.15, -0.1) is 0 Å². The highest BCUT2D eigenvalue weighted by atomic mass is 79.9. The fourth-order valence-corrected chi connectivity index (χ4v) is 2.95. The van der Waals surface area contributed by atoms with E-state index in [1.165, 1.54) is 25.2 Å². The van der Waals surface area contributed by atoms with E-state index >= 15 is 0 Å². The van der Waals surface area contributed by atoms with Gasteiger partial charge in [0.2, 0.25) is 10.0 Å². The topological polar surface area (TPSA) is 58.2 Å². The van der Waals surface area contributed by atoms with E-state index < -0.39 is 10.0 Å². The molecule has 0 saturated carbocycles. The summed E-state index contributed by atoms with van der Waals surface area (Å²) in [6.45, 7) is 0.258. The molecule has 2 rings (SSSR count). The van der Waals surface area contributed by atoms with Crippen LogP contribution in [0.3, 0.4) is 0 Å². The molecule has 0 heterocycles. The van der Waals surface area contributed by atoms with Gasteiger partial charge in [0.05, 0.1) is 4.90 Å². The maximum absolute atomic E-state index is 13.6. The Morgan fingerprint density at radius 1 is 1.19 bits per heavy atom. The molecule has 2 N–H and O–H groups in total. The highest BCUT2D eigenvalue weighted by Gasteiger charge is 2.11. The zero-order chi connectivity index (χ0) is 15.5. The van der Waals surface area contributed by atoms with Gasteiger partial charge in [0, 0.05) is 22.3 Å². The molecule has 0 fully saturated rings. The molecule has 21 heavy (non-hydrogen) atoms. The number of halogens is 2. The predicted octanol–water partition coefficient (Wildman–Crippen LogP) is 3.11. The standard InChI is InChI=1S/C14H14BrFN2O2S/c1-17-21(19,20)13-4-2-3-12(8-13)18-9-10-7-11(15)5-6-14(10)16/h2-8,17-18H,9H2,1H3. The van der Waals surface area contributed by atoms with Crippen molar-refractivity contribution in [2.75, 3.05) is 12.4 Å². The molecule has 0 spiro atoms. The minimum Gasteiger partial charge on any atom is -0.381 e. The third-order valence-electron chi connectivity index (χ3n) is 2.90. The van der Waals surface area contributed by atoms with Crippen molar-refractivity contribution < 1.29 is 12.8 Å². The van der Waals surface area contributed by atoms with Crippen molar-refractivity contribution >= 4 is 31.6 Å². The zero-order valence-electron chi connectivity index (χ0n) is 11.2. The van der Waals surface area contributed by atoms with E-state index in [-0.39, 0.29) is 17.3 Å². The summed E-state index contributed by atoms with van der Waals surface area (Å²) in [5.74, 6) is -0.315. The number of hydrogen-bond donors (Lipinski definition) is 2. The summed E-state index contributed by atoms with van der Waals surface area (Å²) in [6, 6.07) is 11.0. The summed E-state index contributed by atoms with van der Waals surface area (Å²) in [6.07, 6.45) is 0. The van der Waals surface area contributed by atoms with E-state index in [2.05, 4.69) is 26.0 Å². The summed E-state index contributed by atoms with van der Waals surface area (Å²) in [4.78, 5) is 0.157. The molecule has 0 atom stereocenters. The van der Waals surface area contributed by atoms with E-state index in [1.54, 1.807) is 24.3 Å². The van der Waals surface area contributed by atoms with E-state index in [9.17, 15) is 12.8 Å². The second kappa shape index (κ2) is 6.55. The summed E-state index contributed by atoms with van der Waals surface area (Å²) >= 11 is 3.29. The maximum atomic E-state index is 13.6. The van der Waals surface area contributed by atoms with Crippen LogP contribution >= 0.6 is 15.9 Å². The lowest BCUT2D eigenvalue weighted by Gasteiger charge is -2.10. The first-order valence-electron chi connectivity index (χ1n) is 6.14. The Hall–Kier alpha value is -1.44. The lowest BCUT2D eigenvalue weighted by atomic mass is 10.2. The quantitative estimate of drug-likeness (QED) is 0.847. The van der Waals surface area contributed by atoms with E-state index in [0.29, 0.717) is 11.3 Å². The van der Waals surface area contributed by atoms with Crippen LogP contribution in [-0.4, -0.2) is 15.5 Å². The van der Waals surface area contributed by atoms with Crippen LogP contribution in [0.2, 0.25) is 0 Å². The van der Waals surface area contributed by atoms with Gasteiger partial charge in [-0.05, 0) is 43.4 Å². The fourth-order valence-electron chi connectivity index (χ4n) is 1.77. The van der Waals surface area contributed by atoms with Gasteiger partial charge >= 0.3 is 0 Å². The van der Waals surface area contributed by atoms with Gasteiger partial charge in [-0.25, -0.2) is 17.5 Å². The van der Waals surface area contributed by atoms with Crippen molar-refractivity contribution in [3.05, 3.63) is 58.3 Å². The molecule has 0 amide bonds. The van der Waals surface area contributed by atoms with Crippen molar-refractivity contribution in [1.29, 1.82) is 0 Å². The molecule has 7 heteroatoms. The van der Waals surface area contributed by atoms with Crippen LogP contribution in [0.25, 0.3) is 0 Å². The Morgan fingerprint density at radius 3 is 2.67 bits per heavy atom. The van der Waals surface area contributed by atoms with Gasteiger partial charge in [-0.1, -0.05) is 22.0 Å². The van der Waals surface area contributed by atoms with Crippen molar-refractivity contribution in [3.8, 4) is 0 Å². The van der Waals surface area contributed by atoms with E-state index in [0.717, 1.165) is 4.47 Å². The number of anilines is 1. The molecule has 0 aliphatic rings. The predicted molar refractivity (Wildman–Crippen MR) is 84.1 cm³/mol. The van der Waals surface area contributed by atoms with Crippen LogP contribution in [0, 0.1) is 5.82 Å². The second-order valence-electron chi connectivity index (χ2n) is 4.32. The average molecular weight is 373 g/mol. The first-order valence-corrected chi connectivity index (χ1v) is 8.41. The van der Waals surface area contributed by atoms with Crippen molar-refractivity contribution in [2.45, 2.75) is 11.4 Å². The third-order valence-corrected chi connectivity index (χ3v) is 4.81. The minimum absolute atomic E-state index is 0.157. The highest BCUT2D eigenvalue weighted by molar-refractivity contribution is 9.10. The van der Waals surface area contributed by atoms with Crippen molar-refractivity contribution in [2.24, 2.45) is 0 Å². The lowest BCUT2D eigenvalue weighted by Crippen LogP contribution is -2.18. The molecule has 2 aromatic carbocycles. The molecule has 0 aromatic heterocycles. The van der Waals surface area contributed by atoms with Crippen LogP contribution in [0.4, 0.5) is 10.1 Å². The monoisotopic (exact) mass is 372 g/mol. The van der Waals surface area contributed by atoms with Gasteiger partial charge in [0.15, 0.2) is 0 Å². The van der Waals surface area contributed by atoms with E-state index in [1.807, 2.05) is 0 Å². The lowest BCUT2D eigenvalue weighted by molar-refractivity contribution is 0.588. The number of benzene rings is 2. The summed E-state index contributed by atoms with van der Waals surface area (Å²) < 4.78 is 40.1. The third kappa shape index (κ3) is 4.03. The Morgan fingerprint density at radius 2 is 1.95 bits per heavy atom. The Balaban J connectivity index is 2.18. The van der Waals surface area contributed by atoms with Crippen LogP contribution in [-0.2, 0) is 16.6 Å². The molecular formula is C14H14BrFN2O2S. The van der Waals surface area contributed by atoms with Gasteiger partial charge in [0.25, 0.3) is 0 Å². The van der Waals surface area contributed by atoms with Gasteiger partial charge in [-0.3, -0.25) is 0 Å². The molecule has 2 aromatic rings. The normalized spacial score (nSPS) is 11.4. The molecule has 0 bridgehead atoms. The van der Waals surface area contributed by atoms with E-state index in [4.69, 9.17) is 0 Å². The molecule has 112 valence electrons. The van der Waals surface area contributed by atoms with Gasteiger partial charge in [-0.2, -0.15) is 0 Å². The second-order valence-corrected chi connectivity index (χ2v) is 7.13. The number of nitrogens with one attached hydrogen (secondary N) is 2. The Kier molecular flexibility index (Phi) is 4.97. The number of hydrogen-bond acceptors (Lipinski definition) is 3. The minimum atomic E-state index is -3.49. The van der Waals surface area contributed by atoms with Crippen LogP contribution in [0.5, 0.6) is 0 Å². The Labute approximate surface area is 131 Å². The van der Waals surface area contributed by atoms with Crippen molar-refractivity contribution in [1.82, 2.24) is 4.72 Å². The van der Waals surface area contributed by atoms with Crippen LogP contribution in [0.1, 0.15) is 5.56 Å². The molecule has 0 aliphatic heterocycles. The largest absolute Gasteiger partial charge is 0.381 e. The maximum Gasteiger partial charge on any atom is 0.240 e. The van der Waals surface area contributed by atoms with Crippen LogP contribution < -0.4 is 10.0 Å². The molecule has 0 aliphatic carbocycles. The summed E-state index contributed by atoms with van der Waals surface area (Å²) in [7, 11) is -2.14. The summed E-state index contributed by atoms with van der Waals surface area (Å²) in [5, 5.41) is 3.01. The first-order chi connectivity index (χ1) is 9.92. The van der Waals surface area contributed by atoms with Crippen LogP contribution in [0.15, 0.2) is 51.8 Å². The molecule has 0 saturated heterocycles. The molecule has 0 unspecified atom stereocenters. The molecule has 4 nitrogen and oxygen atoms in total. The Bertz CT molecular complexity index is 750. The van der Waals surface area contributed by atoms with Gasteiger partial charge < -0.3 is 5.32 Å². The van der Waals surface area contributed by atoms with Crippen molar-refractivity contribution in [3.63, 3.8) is 0 Å². The highest BCUT2D eigenvalue weighted by Crippen LogP contribution is 2.19. The zero-order valence-corrected chi connectivity index (χ0v) is 13.6. The fraction of sp³-hybridized carbons (Fsp3) is 0.143. The number of rotatable bonds is 5.